The van der Waals surface area contributed by atoms with Gasteiger partial charge >= 0.3 is 13.6 Å². The van der Waals surface area contributed by atoms with Crippen LogP contribution in [-0.2, 0) is 29.6 Å². The highest BCUT2D eigenvalue weighted by Crippen LogP contribution is 2.48. The summed E-state index contributed by atoms with van der Waals surface area (Å²) >= 11 is 6.33. The van der Waals surface area contributed by atoms with Crippen LogP contribution in [0, 0.1) is 12.7 Å². The Morgan fingerprint density at radius 1 is 1.12 bits per heavy atom. The Balaban J connectivity index is 2.29. The lowest BCUT2D eigenvalue weighted by atomic mass is 10.1. The van der Waals surface area contributed by atoms with Crippen LogP contribution in [0.1, 0.15) is 25.0 Å². The second kappa shape index (κ2) is 11.4. The number of hydrogen-bond acceptors (Lipinski definition) is 6. The number of carbonyl (C=O) groups excluding carboxylic acids is 1. The van der Waals surface area contributed by atoms with Crippen molar-refractivity contribution >= 4 is 48.1 Å². The largest absolute Gasteiger partial charge is 0.481 e. The summed E-state index contributed by atoms with van der Waals surface area (Å²) in [7, 11) is -3.63. The first kappa shape index (κ1) is 25.8. The van der Waals surface area contributed by atoms with Gasteiger partial charge in [0.15, 0.2) is 0 Å². The average molecular weight is 487 g/mol. The lowest BCUT2D eigenvalue weighted by molar-refractivity contribution is -0.136. The maximum Gasteiger partial charge on any atom is 0.340 e. The molecule has 2 aromatic rings. The fourth-order valence-electron chi connectivity index (χ4n) is 2.94. The number of carboxylic acids is 1. The Bertz CT molecular complexity index is 1040. The van der Waals surface area contributed by atoms with E-state index in [0.717, 1.165) is 11.6 Å². The van der Waals surface area contributed by atoms with Gasteiger partial charge in [-0.05, 0) is 44.5 Å². The second-order valence-corrected chi connectivity index (χ2v) is 9.23. The highest BCUT2D eigenvalue weighted by molar-refractivity contribution is 7.54. The van der Waals surface area contributed by atoms with E-state index in [1.54, 1.807) is 32.0 Å². The minimum atomic E-state index is -3.63. The molecule has 11 heteroatoms. The lowest BCUT2D eigenvalue weighted by Gasteiger charge is -2.18. The van der Waals surface area contributed by atoms with Crippen LogP contribution in [0.15, 0.2) is 30.3 Å². The van der Waals surface area contributed by atoms with E-state index in [0.29, 0.717) is 11.3 Å². The standard InChI is InChI=1S/C21H25ClFN2O6P/c1-4-30-32(29,31-5-2)12-18(26)24-17-9-7-15(23)21(20(17)22)25-16-8-6-13(3)10-14(16)11-19(27)28/h6-10,25H,4-5,11-12H2,1-3H3,(H,24,26)(H,27,28). The van der Waals surface area contributed by atoms with Gasteiger partial charge in [-0.15, -0.1) is 0 Å². The second-order valence-electron chi connectivity index (χ2n) is 6.79. The van der Waals surface area contributed by atoms with E-state index in [4.69, 9.17) is 25.8 Å². The zero-order valence-electron chi connectivity index (χ0n) is 17.9. The molecule has 0 unspecified atom stereocenters. The summed E-state index contributed by atoms with van der Waals surface area (Å²) in [4.78, 5) is 23.6. The van der Waals surface area contributed by atoms with E-state index in [9.17, 15) is 18.5 Å². The van der Waals surface area contributed by atoms with Crippen LogP contribution in [0.5, 0.6) is 0 Å². The third kappa shape index (κ3) is 7.03. The number of rotatable bonds is 11. The summed E-state index contributed by atoms with van der Waals surface area (Å²) in [6, 6.07) is 7.39. The molecule has 2 aromatic carbocycles. The zero-order valence-corrected chi connectivity index (χ0v) is 19.6. The summed E-state index contributed by atoms with van der Waals surface area (Å²) in [5.41, 5.74) is 1.58. The SMILES string of the molecule is CCOP(=O)(CC(=O)Nc1ccc(F)c(Nc2ccc(C)cc2CC(=O)O)c1Cl)OCC. The molecular formula is C21H25ClFN2O6P. The molecule has 174 valence electrons. The van der Waals surface area contributed by atoms with Crippen LogP contribution in [0.25, 0.3) is 0 Å². The van der Waals surface area contributed by atoms with Crippen LogP contribution in [0.4, 0.5) is 21.5 Å². The van der Waals surface area contributed by atoms with Gasteiger partial charge in [0.2, 0.25) is 5.91 Å². The van der Waals surface area contributed by atoms with Crippen molar-refractivity contribution in [1.82, 2.24) is 0 Å². The maximum absolute atomic E-state index is 14.5. The van der Waals surface area contributed by atoms with Crippen molar-refractivity contribution in [3.05, 3.63) is 52.3 Å². The van der Waals surface area contributed by atoms with Gasteiger partial charge in [0.1, 0.15) is 12.0 Å². The van der Waals surface area contributed by atoms with E-state index in [1.165, 1.54) is 6.07 Å². The van der Waals surface area contributed by atoms with Gasteiger partial charge in [-0.1, -0.05) is 29.3 Å². The van der Waals surface area contributed by atoms with E-state index < -0.39 is 31.5 Å². The van der Waals surface area contributed by atoms with Gasteiger partial charge in [-0.25, -0.2) is 4.39 Å². The van der Waals surface area contributed by atoms with Crippen LogP contribution in [0.2, 0.25) is 5.02 Å². The van der Waals surface area contributed by atoms with Crippen molar-refractivity contribution in [2.45, 2.75) is 27.2 Å². The predicted octanol–water partition coefficient (Wildman–Crippen LogP) is 5.36. The molecule has 0 radical (unpaired) electrons. The fourth-order valence-corrected chi connectivity index (χ4v) is 4.66. The Morgan fingerprint density at radius 3 is 2.34 bits per heavy atom. The number of aliphatic carboxylic acids is 1. The molecule has 0 atom stereocenters. The first-order valence-corrected chi connectivity index (χ1v) is 11.9. The summed E-state index contributed by atoms with van der Waals surface area (Å²) in [5, 5.41) is 14.3. The van der Waals surface area contributed by atoms with Gasteiger partial charge in [-0.2, -0.15) is 0 Å². The number of carboxylic acid groups (broad SMARTS) is 1. The normalized spacial score (nSPS) is 11.3. The molecule has 2 rings (SSSR count). The van der Waals surface area contributed by atoms with Gasteiger partial charge < -0.3 is 24.8 Å². The molecular weight excluding hydrogens is 462 g/mol. The van der Waals surface area contributed by atoms with Crippen molar-refractivity contribution < 1.29 is 32.7 Å². The van der Waals surface area contributed by atoms with Crippen molar-refractivity contribution in [2.75, 3.05) is 30.0 Å². The molecule has 3 N–H and O–H groups in total. The average Bonchev–Trinajstić information content (AvgIpc) is 2.68. The summed E-state index contributed by atoms with van der Waals surface area (Å²) in [5.74, 6) is -2.43. The minimum absolute atomic E-state index is 0.0759. The summed E-state index contributed by atoms with van der Waals surface area (Å²) in [6.07, 6.45) is -0.810. The molecule has 0 fully saturated rings. The van der Waals surface area contributed by atoms with Crippen molar-refractivity contribution in [3.63, 3.8) is 0 Å². The van der Waals surface area contributed by atoms with Gasteiger partial charge in [0.25, 0.3) is 0 Å². The number of benzene rings is 2. The first-order valence-electron chi connectivity index (χ1n) is 9.82. The third-order valence-electron chi connectivity index (χ3n) is 4.22. The number of halogens is 2. The topological polar surface area (TPSA) is 114 Å². The van der Waals surface area contributed by atoms with Crippen molar-refractivity contribution in [3.8, 4) is 0 Å². The van der Waals surface area contributed by atoms with Gasteiger partial charge in [-0.3, -0.25) is 14.2 Å². The number of amides is 1. The monoisotopic (exact) mass is 486 g/mol. The number of nitrogens with one attached hydrogen (secondary N) is 2. The van der Waals surface area contributed by atoms with Crippen LogP contribution >= 0.6 is 19.2 Å². The Kier molecular flexibility index (Phi) is 9.21. The number of aryl methyl sites for hydroxylation is 1. The molecule has 0 aliphatic heterocycles. The molecule has 0 spiro atoms. The predicted molar refractivity (Wildman–Crippen MR) is 122 cm³/mol. The number of anilines is 3. The molecule has 32 heavy (non-hydrogen) atoms. The minimum Gasteiger partial charge on any atom is -0.481 e. The van der Waals surface area contributed by atoms with E-state index in [-0.39, 0.29) is 36.0 Å². The Morgan fingerprint density at radius 2 is 1.75 bits per heavy atom. The van der Waals surface area contributed by atoms with Crippen molar-refractivity contribution in [2.24, 2.45) is 0 Å². The number of hydrogen-bond donors (Lipinski definition) is 3. The smallest absolute Gasteiger partial charge is 0.340 e. The molecule has 0 heterocycles. The van der Waals surface area contributed by atoms with Gasteiger partial charge in [0.05, 0.1) is 36.0 Å². The highest BCUT2D eigenvalue weighted by atomic mass is 35.5. The molecule has 0 saturated carbocycles. The molecule has 1 amide bonds. The van der Waals surface area contributed by atoms with Crippen LogP contribution < -0.4 is 10.6 Å². The molecule has 8 nitrogen and oxygen atoms in total. The Hall–Kier alpha value is -2.45. The zero-order chi connectivity index (χ0) is 23.9. The first-order chi connectivity index (χ1) is 15.1. The van der Waals surface area contributed by atoms with E-state index in [2.05, 4.69) is 10.6 Å². The highest BCUT2D eigenvalue weighted by Gasteiger charge is 2.28. The van der Waals surface area contributed by atoms with Crippen LogP contribution in [0.3, 0.4) is 0 Å². The molecule has 0 aliphatic rings. The molecule has 0 aromatic heterocycles. The summed E-state index contributed by atoms with van der Waals surface area (Å²) in [6.45, 7) is 5.27. The lowest BCUT2D eigenvalue weighted by Crippen LogP contribution is -2.19. The third-order valence-corrected chi connectivity index (χ3v) is 6.59. The fraction of sp³-hybridized carbons (Fsp3) is 0.333. The van der Waals surface area contributed by atoms with E-state index >= 15 is 0 Å². The molecule has 0 bridgehead atoms. The number of carbonyl (C=O) groups is 2. The molecule has 0 aliphatic carbocycles. The molecule has 0 saturated heterocycles. The van der Waals surface area contributed by atoms with Gasteiger partial charge in [0, 0.05) is 5.69 Å². The van der Waals surface area contributed by atoms with E-state index in [1.807, 2.05) is 6.92 Å². The maximum atomic E-state index is 14.5. The van der Waals surface area contributed by atoms with Crippen molar-refractivity contribution in [1.29, 1.82) is 0 Å². The van der Waals surface area contributed by atoms with Crippen LogP contribution in [-0.4, -0.2) is 36.4 Å². The quantitative estimate of drug-likeness (QED) is 0.366. The Labute approximate surface area is 190 Å². The summed E-state index contributed by atoms with van der Waals surface area (Å²) < 4.78 is 37.3.